The smallest absolute Gasteiger partial charge is 0.136 e. The van der Waals surface area contributed by atoms with Crippen LogP contribution in [-0.2, 0) is 6.54 Å². The molecule has 0 bridgehead atoms. The molecule has 3 heteroatoms. The average Bonchev–Trinajstić information content (AvgIpc) is 3.38. The van der Waals surface area contributed by atoms with Crippen LogP contribution >= 0.6 is 0 Å². The topological polar surface area (TPSA) is 28.2 Å². The Kier molecular flexibility index (Phi) is 3.52. The predicted molar refractivity (Wildman–Crippen MR) is 87.7 cm³/mol. The van der Waals surface area contributed by atoms with Crippen LogP contribution in [0.5, 0.6) is 0 Å². The summed E-state index contributed by atoms with van der Waals surface area (Å²) in [6, 6.07) is 9.49. The quantitative estimate of drug-likeness (QED) is 0.930. The van der Waals surface area contributed by atoms with Crippen molar-refractivity contribution in [3.63, 3.8) is 0 Å². The van der Waals surface area contributed by atoms with Gasteiger partial charge in [0.1, 0.15) is 5.82 Å². The van der Waals surface area contributed by atoms with Crippen molar-refractivity contribution in [3.05, 3.63) is 36.0 Å². The van der Waals surface area contributed by atoms with Crippen LogP contribution < -0.4 is 10.2 Å². The van der Waals surface area contributed by atoms with Crippen LogP contribution in [0.2, 0.25) is 0 Å². The summed E-state index contributed by atoms with van der Waals surface area (Å²) < 4.78 is 0. The fourth-order valence-electron chi connectivity index (χ4n) is 3.28. The fraction of sp³-hybridized carbons (Fsp3) is 0.500. The van der Waals surface area contributed by atoms with E-state index in [1.807, 2.05) is 0 Å². The lowest BCUT2D eigenvalue weighted by atomic mass is 10.0. The molecular formula is C18H23N3. The Balaban J connectivity index is 1.69. The molecule has 1 aliphatic carbocycles. The monoisotopic (exact) mass is 281 g/mol. The maximum atomic E-state index is 4.81. The van der Waals surface area contributed by atoms with Crippen LogP contribution in [0.4, 0.5) is 5.82 Å². The number of pyridine rings is 1. The Labute approximate surface area is 126 Å². The van der Waals surface area contributed by atoms with Gasteiger partial charge in [-0.05, 0) is 43.1 Å². The highest BCUT2D eigenvalue weighted by Gasteiger charge is 2.21. The summed E-state index contributed by atoms with van der Waals surface area (Å²) >= 11 is 0. The van der Waals surface area contributed by atoms with Gasteiger partial charge in [-0.3, -0.25) is 0 Å². The highest BCUT2D eigenvalue weighted by molar-refractivity contribution is 5.94. The van der Waals surface area contributed by atoms with Gasteiger partial charge < -0.3 is 10.2 Å². The van der Waals surface area contributed by atoms with Crippen molar-refractivity contribution in [2.45, 2.75) is 44.7 Å². The van der Waals surface area contributed by atoms with Crippen molar-refractivity contribution in [3.8, 4) is 0 Å². The molecule has 2 heterocycles. The summed E-state index contributed by atoms with van der Waals surface area (Å²) in [5.41, 5.74) is 1.33. The highest BCUT2D eigenvalue weighted by Crippen LogP contribution is 2.29. The first-order valence-electron chi connectivity index (χ1n) is 8.27. The Morgan fingerprint density at radius 1 is 1.05 bits per heavy atom. The normalized spacial score (nSPS) is 19.1. The third-order valence-corrected chi connectivity index (χ3v) is 4.67. The average molecular weight is 281 g/mol. The number of aromatic nitrogens is 1. The Bertz CT molecular complexity index is 627. The summed E-state index contributed by atoms with van der Waals surface area (Å²) in [6.45, 7) is 3.24. The molecule has 21 heavy (non-hydrogen) atoms. The standard InChI is InChI=1S/C18H23N3/c1-4-10-21(11-5-1)18-17-7-3-2-6-16(17)14(13-20-18)12-19-15-8-9-15/h2-3,6-7,13,15,19H,1,4-5,8-12H2. The third-order valence-electron chi connectivity index (χ3n) is 4.67. The molecule has 0 radical (unpaired) electrons. The third kappa shape index (κ3) is 2.75. The number of nitrogens with one attached hydrogen (secondary N) is 1. The second-order valence-electron chi connectivity index (χ2n) is 6.36. The first-order valence-corrected chi connectivity index (χ1v) is 8.27. The predicted octanol–water partition coefficient (Wildman–Crippen LogP) is 3.48. The number of nitrogens with zero attached hydrogens (tertiary/aromatic N) is 2. The summed E-state index contributed by atoms with van der Waals surface area (Å²) in [5.74, 6) is 1.18. The van der Waals surface area contributed by atoms with Gasteiger partial charge >= 0.3 is 0 Å². The number of anilines is 1. The molecule has 1 saturated heterocycles. The van der Waals surface area contributed by atoms with Crippen LogP contribution in [0.15, 0.2) is 30.5 Å². The lowest BCUT2D eigenvalue weighted by Crippen LogP contribution is -2.30. The van der Waals surface area contributed by atoms with Gasteiger partial charge in [-0.15, -0.1) is 0 Å². The van der Waals surface area contributed by atoms with Gasteiger partial charge in [0.15, 0.2) is 0 Å². The number of benzene rings is 1. The molecule has 1 saturated carbocycles. The van der Waals surface area contributed by atoms with Gasteiger partial charge in [0.25, 0.3) is 0 Å². The summed E-state index contributed by atoms with van der Waals surface area (Å²) in [5, 5.41) is 6.29. The molecule has 1 aromatic carbocycles. The van der Waals surface area contributed by atoms with Gasteiger partial charge in [-0.25, -0.2) is 4.98 Å². The van der Waals surface area contributed by atoms with Gasteiger partial charge in [0, 0.05) is 37.3 Å². The van der Waals surface area contributed by atoms with E-state index in [9.17, 15) is 0 Å². The van der Waals surface area contributed by atoms with Crippen LogP contribution in [0.25, 0.3) is 10.8 Å². The molecule has 0 atom stereocenters. The lowest BCUT2D eigenvalue weighted by Gasteiger charge is -2.29. The maximum Gasteiger partial charge on any atom is 0.136 e. The number of piperidine rings is 1. The molecule has 1 aromatic heterocycles. The van der Waals surface area contributed by atoms with Crippen LogP contribution in [0, 0.1) is 0 Å². The highest BCUT2D eigenvalue weighted by atomic mass is 15.2. The molecule has 1 aliphatic heterocycles. The molecule has 4 rings (SSSR count). The second-order valence-corrected chi connectivity index (χ2v) is 6.36. The zero-order chi connectivity index (χ0) is 14.1. The first-order chi connectivity index (χ1) is 10.4. The van der Waals surface area contributed by atoms with Crippen LogP contribution in [-0.4, -0.2) is 24.1 Å². The van der Waals surface area contributed by atoms with E-state index < -0.39 is 0 Å². The molecule has 110 valence electrons. The zero-order valence-corrected chi connectivity index (χ0v) is 12.5. The SMILES string of the molecule is c1ccc2c(N3CCCCC3)ncc(CNC3CC3)c2c1. The number of fused-ring (bicyclic) bond motifs is 1. The molecule has 0 unspecified atom stereocenters. The van der Waals surface area contributed by atoms with Crippen LogP contribution in [0.3, 0.4) is 0 Å². The fourth-order valence-corrected chi connectivity index (χ4v) is 3.28. The maximum absolute atomic E-state index is 4.81. The molecule has 2 aliphatic rings. The Hall–Kier alpha value is -1.61. The molecule has 2 fully saturated rings. The van der Waals surface area contributed by atoms with Gasteiger partial charge in [-0.2, -0.15) is 0 Å². The lowest BCUT2D eigenvalue weighted by molar-refractivity contribution is 0.574. The molecular weight excluding hydrogens is 258 g/mol. The Morgan fingerprint density at radius 2 is 1.81 bits per heavy atom. The van der Waals surface area contributed by atoms with Crippen molar-refractivity contribution in [1.82, 2.24) is 10.3 Å². The molecule has 1 N–H and O–H groups in total. The summed E-state index contributed by atoms with van der Waals surface area (Å²) in [4.78, 5) is 7.28. The first kappa shape index (κ1) is 13.1. The summed E-state index contributed by atoms with van der Waals surface area (Å²) in [6.07, 6.45) is 8.69. The van der Waals surface area contributed by atoms with Crippen molar-refractivity contribution < 1.29 is 0 Å². The van der Waals surface area contributed by atoms with E-state index in [0.717, 1.165) is 25.7 Å². The number of hydrogen-bond donors (Lipinski definition) is 1. The molecule has 3 nitrogen and oxygen atoms in total. The van der Waals surface area contributed by atoms with E-state index in [1.54, 1.807) is 0 Å². The minimum Gasteiger partial charge on any atom is -0.356 e. The van der Waals surface area contributed by atoms with Crippen molar-refractivity contribution in [1.29, 1.82) is 0 Å². The van der Waals surface area contributed by atoms with E-state index in [4.69, 9.17) is 4.98 Å². The van der Waals surface area contributed by atoms with Gasteiger partial charge in [0.2, 0.25) is 0 Å². The van der Waals surface area contributed by atoms with E-state index in [2.05, 4.69) is 40.7 Å². The Morgan fingerprint density at radius 3 is 2.57 bits per heavy atom. The van der Waals surface area contributed by atoms with Gasteiger partial charge in [-0.1, -0.05) is 24.3 Å². The van der Waals surface area contributed by atoms with Crippen LogP contribution in [0.1, 0.15) is 37.7 Å². The van der Waals surface area contributed by atoms with E-state index in [1.165, 1.54) is 54.3 Å². The number of rotatable bonds is 4. The molecule has 0 amide bonds. The van der Waals surface area contributed by atoms with E-state index >= 15 is 0 Å². The second kappa shape index (κ2) is 5.64. The van der Waals surface area contributed by atoms with E-state index in [0.29, 0.717) is 0 Å². The molecule has 2 aromatic rings. The molecule has 0 spiro atoms. The largest absolute Gasteiger partial charge is 0.356 e. The van der Waals surface area contributed by atoms with Crippen molar-refractivity contribution in [2.75, 3.05) is 18.0 Å². The minimum atomic E-state index is 0.741. The summed E-state index contributed by atoms with van der Waals surface area (Å²) in [7, 11) is 0. The minimum absolute atomic E-state index is 0.741. The van der Waals surface area contributed by atoms with Crippen molar-refractivity contribution in [2.24, 2.45) is 0 Å². The number of hydrogen-bond acceptors (Lipinski definition) is 3. The van der Waals surface area contributed by atoms with E-state index in [-0.39, 0.29) is 0 Å². The van der Waals surface area contributed by atoms with Gasteiger partial charge in [0.05, 0.1) is 0 Å². The zero-order valence-electron chi connectivity index (χ0n) is 12.5. The van der Waals surface area contributed by atoms with Crippen molar-refractivity contribution >= 4 is 16.6 Å².